The lowest BCUT2D eigenvalue weighted by Gasteiger charge is -2.36. The Morgan fingerprint density at radius 2 is 2.04 bits per heavy atom. The lowest BCUT2D eigenvalue weighted by molar-refractivity contribution is -0.929. The molecule has 9 heteroatoms. The molecule has 2 aromatic heterocycles. The average molecular weight is 403 g/mol. The molecule has 0 aliphatic carbocycles. The molecule has 0 radical (unpaired) electrons. The van der Waals surface area contributed by atoms with Crippen molar-refractivity contribution >= 4 is 22.2 Å². The van der Waals surface area contributed by atoms with E-state index < -0.39 is 0 Å². The van der Waals surface area contributed by atoms with Gasteiger partial charge in [0.1, 0.15) is 16.5 Å². The number of amides is 1. The highest BCUT2D eigenvalue weighted by Crippen LogP contribution is 2.37. The first-order chi connectivity index (χ1) is 13.5. The number of methoxy groups -OCH3 is 1. The first-order valence-electron chi connectivity index (χ1n) is 9.27. The summed E-state index contributed by atoms with van der Waals surface area (Å²) in [6, 6.07) is 7.77. The second-order valence-electron chi connectivity index (χ2n) is 6.98. The Morgan fingerprint density at radius 1 is 1.32 bits per heavy atom. The lowest BCUT2D eigenvalue weighted by Crippen LogP contribution is -3.15. The zero-order chi connectivity index (χ0) is 19.8. The Balaban J connectivity index is 1.78. The topological polar surface area (TPSA) is 84.4 Å². The van der Waals surface area contributed by atoms with Gasteiger partial charge in [-0.05, 0) is 19.1 Å². The number of aromatic nitrogens is 3. The number of hydrogen-bond donors (Lipinski definition) is 2. The zero-order valence-electron chi connectivity index (χ0n) is 16.2. The number of aromatic hydroxyl groups is 1. The summed E-state index contributed by atoms with van der Waals surface area (Å²) in [5.41, 5.74) is 1.01. The molecule has 148 valence electrons. The number of thiazole rings is 1. The number of carbonyl (C=O) groups excluding carboxylic acids is 1. The summed E-state index contributed by atoms with van der Waals surface area (Å²) in [5.74, 6) is 1.64. The van der Waals surface area contributed by atoms with E-state index in [2.05, 4.69) is 10.1 Å². The summed E-state index contributed by atoms with van der Waals surface area (Å²) in [6.45, 7) is 6.37. The zero-order valence-corrected chi connectivity index (χ0v) is 17.0. The molecular formula is C19H24N5O3S+. The van der Waals surface area contributed by atoms with Crippen LogP contribution in [0.15, 0.2) is 24.3 Å². The fourth-order valence-electron chi connectivity index (χ4n) is 3.88. The van der Waals surface area contributed by atoms with Crippen molar-refractivity contribution in [2.45, 2.75) is 19.9 Å². The maximum absolute atomic E-state index is 11.7. The van der Waals surface area contributed by atoms with Crippen LogP contribution in [0.4, 0.5) is 0 Å². The van der Waals surface area contributed by atoms with Crippen LogP contribution in [0, 0.1) is 6.92 Å². The highest BCUT2D eigenvalue weighted by atomic mass is 32.1. The number of quaternary nitrogens is 1. The number of piperazine rings is 1. The number of carbonyl (C=O) groups is 1. The molecule has 0 unspecified atom stereocenters. The minimum Gasteiger partial charge on any atom is -0.496 e. The Morgan fingerprint density at radius 3 is 2.68 bits per heavy atom. The van der Waals surface area contributed by atoms with Gasteiger partial charge >= 0.3 is 0 Å². The molecule has 1 amide bonds. The van der Waals surface area contributed by atoms with Gasteiger partial charge in [0.05, 0.1) is 38.9 Å². The maximum Gasteiger partial charge on any atom is 0.235 e. The molecule has 1 aromatic carbocycles. The van der Waals surface area contributed by atoms with Gasteiger partial charge in [0, 0.05) is 6.92 Å². The molecule has 1 aliphatic rings. The molecule has 1 saturated heterocycles. The van der Waals surface area contributed by atoms with Gasteiger partial charge in [-0.25, -0.2) is 4.98 Å². The summed E-state index contributed by atoms with van der Waals surface area (Å²) < 4.78 is 7.12. The molecule has 3 heterocycles. The number of benzene rings is 1. The fourth-order valence-corrected chi connectivity index (χ4v) is 5.06. The second-order valence-corrected chi connectivity index (χ2v) is 7.99. The van der Waals surface area contributed by atoms with Crippen LogP contribution in [-0.2, 0) is 4.79 Å². The molecule has 1 atom stereocenters. The van der Waals surface area contributed by atoms with Crippen LogP contribution in [0.3, 0.4) is 0 Å². The molecule has 0 bridgehead atoms. The van der Waals surface area contributed by atoms with Crippen LogP contribution in [0.5, 0.6) is 11.6 Å². The summed E-state index contributed by atoms with van der Waals surface area (Å²) >= 11 is 1.45. The van der Waals surface area contributed by atoms with Crippen LogP contribution in [0.2, 0.25) is 0 Å². The monoisotopic (exact) mass is 402 g/mol. The molecule has 0 saturated carbocycles. The molecule has 2 N–H and O–H groups in total. The number of rotatable bonds is 4. The second kappa shape index (κ2) is 7.40. The molecule has 1 aliphatic heterocycles. The van der Waals surface area contributed by atoms with Gasteiger partial charge in [-0.2, -0.15) is 4.52 Å². The van der Waals surface area contributed by atoms with Crippen molar-refractivity contribution in [3.63, 3.8) is 0 Å². The van der Waals surface area contributed by atoms with Crippen molar-refractivity contribution < 1.29 is 19.5 Å². The number of hydrogen-bond acceptors (Lipinski definition) is 6. The summed E-state index contributed by atoms with van der Waals surface area (Å²) in [5, 5.41) is 15.2. The Labute approximate surface area is 167 Å². The van der Waals surface area contributed by atoms with Crippen molar-refractivity contribution in [3.8, 4) is 11.6 Å². The number of nitrogens with one attached hydrogen (secondary N) is 1. The van der Waals surface area contributed by atoms with Crippen LogP contribution in [0.25, 0.3) is 4.96 Å². The van der Waals surface area contributed by atoms with E-state index in [0.717, 1.165) is 29.3 Å². The van der Waals surface area contributed by atoms with Crippen molar-refractivity contribution in [1.29, 1.82) is 0 Å². The van der Waals surface area contributed by atoms with Crippen LogP contribution in [-0.4, -0.2) is 63.8 Å². The normalized spacial score (nSPS) is 16.5. The molecule has 3 aromatic rings. The number of nitrogens with zero attached hydrogens (tertiary/aromatic N) is 4. The van der Waals surface area contributed by atoms with E-state index in [-0.39, 0.29) is 17.8 Å². The van der Waals surface area contributed by atoms with Crippen LogP contribution >= 0.6 is 11.3 Å². The quantitative estimate of drug-likeness (QED) is 0.670. The van der Waals surface area contributed by atoms with Gasteiger partial charge in [0.25, 0.3) is 0 Å². The number of fused-ring (bicyclic) bond motifs is 1. The Hall–Kier alpha value is -2.65. The third-order valence-corrected chi connectivity index (χ3v) is 6.36. The molecule has 1 fully saturated rings. The van der Waals surface area contributed by atoms with E-state index in [1.807, 2.05) is 36.1 Å². The summed E-state index contributed by atoms with van der Waals surface area (Å²) in [7, 11) is 1.66. The fraction of sp³-hybridized carbons (Fsp3) is 0.421. The first kappa shape index (κ1) is 18.7. The highest BCUT2D eigenvalue weighted by molar-refractivity contribution is 7.17. The number of ether oxygens (including phenoxy) is 1. The van der Waals surface area contributed by atoms with E-state index in [1.165, 1.54) is 20.8 Å². The smallest absolute Gasteiger partial charge is 0.235 e. The van der Waals surface area contributed by atoms with Gasteiger partial charge in [-0.15, -0.1) is 5.10 Å². The Bertz CT molecular complexity index is 1010. The van der Waals surface area contributed by atoms with Crippen LogP contribution < -0.4 is 9.64 Å². The predicted molar refractivity (Wildman–Crippen MR) is 105 cm³/mol. The molecule has 28 heavy (non-hydrogen) atoms. The van der Waals surface area contributed by atoms with E-state index in [4.69, 9.17) is 4.74 Å². The third-order valence-electron chi connectivity index (χ3n) is 5.28. The van der Waals surface area contributed by atoms with Crippen molar-refractivity contribution in [2.24, 2.45) is 0 Å². The number of aryl methyl sites for hydroxylation is 1. The first-order valence-corrected chi connectivity index (χ1v) is 10.1. The molecular weight excluding hydrogens is 378 g/mol. The molecule has 8 nitrogen and oxygen atoms in total. The molecule has 0 spiro atoms. The van der Waals surface area contributed by atoms with Gasteiger partial charge in [0.15, 0.2) is 6.04 Å². The largest absolute Gasteiger partial charge is 0.496 e. The van der Waals surface area contributed by atoms with E-state index in [0.29, 0.717) is 23.9 Å². The van der Waals surface area contributed by atoms with Gasteiger partial charge in [-0.1, -0.05) is 23.5 Å². The van der Waals surface area contributed by atoms with Gasteiger partial charge < -0.3 is 19.6 Å². The minimum atomic E-state index is -0.126. The van der Waals surface area contributed by atoms with Crippen molar-refractivity contribution in [3.05, 3.63) is 40.5 Å². The average Bonchev–Trinajstić information content (AvgIpc) is 3.20. The highest BCUT2D eigenvalue weighted by Gasteiger charge is 2.36. The summed E-state index contributed by atoms with van der Waals surface area (Å²) in [6.07, 6.45) is 0. The van der Waals surface area contributed by atoms with Gasteiger partial charge in [-0.3, -0.25) is 4.79 Å². The maximum atomic E-state index is 11.7. The SMILES string of the molecule is COc1ccccc1[C@H](c1sc2nc(C)nn2c1O)[NH+]1CCN(C(C)=O)CC1. The van der Waals surface area contributed by atoms with E-state index >= 15 is 0 Å². The number of para-hydroxylation sites is 1. The lowest BCUT2D eigenvalue weighted by atomic mass is 10.0. The third kappa shape index (κ3) is 3.20. The van der Waals surface area contributed by atoms with Crippen molar-refractivity contribution in [1.82, 2.24) is 19.5 Å². The van der Waals surface area contributed by atoms with E-state index in [9.17, 15) is 9.90 Å². The standard InChI is InChI=1S/C19H23N5O3S/c1-12-20-19-24(21-12)18(26)17(28-19)16(14-6-4-5-7-15(14)27-3)23-10-8-22(9-11-23)13(2)25/h4-7,16,26H,8-11H2,1-3H3/p+1/t16-/m1/s1. The van der Waals surface area contributed by atoms with E-state index in [1.54, 1.807) is 14.0 Å². The van der Waals surface area contributed by atoms with Crippen LogP contribution in [0.1, 0.15) is 29.2 Å². The summed E-state index contributed by atoms with van der Waals surface area (Å²) in [4.78, 5) is 20.8. The van der Waals surface area contributed by atoms with Crippen molar-refractivity contribution in [2.75, 3.05) is 33.3 Å². The van der Waals surface area contributed by atoms with Gasteiger partial charge in [0.2, 0.25) is 16.7 Å². The molecule has 4 rings (SSSR count). The Kier molecular flexibility index (Phi) is 4.94. The predicted octanol–water partition coefficient (Wildman–Crippen LogP) is 0.650. The minimum absolute atomic E-state index is 0.102.